The molecule has 2 radical (unpaired) electrons. The normalized spacial score (nSPS) is 12.0. The first-order valence-electron chi connectivity index (χ1n) is 10.2. The second-order valence-electron chi connectivity index (χ2n) is 7.07. The third-order valence-corrected chi connectivity index (χ3v) is 5.04. The maximum atomic E-state index is 5.88. The second kappa shape index (κ2) is 10.7. The van der Waals surface area contributed by atoms with Crippen LogP contribution in [-0.2, 0) is 0 Å². The molecule has 0 bridgehead atoms. The van der Waals surface area contributed by atoms with E-state index in [1.807, 2.05) is 11.9 Å². The van der Waals surface area contributed by atoms with Crippen molar-refractivity contribution in [2.75, 3.05) is 26.6 Å². The lowest BCUT2D eigenvalue weighted by Gasteiger charge is -2.17. The highest BCUT2D eigenvalue weighted by atomic mass is 16.5. The summed E-state index contributed by atoms with van der Waals surface area (Å²) in [5.41, 5.74) is 6.30. The zero-order chi connectivity index (χ0) is 20.5. The van der Waals surface area contributed by atoms with E-state index in [9.17, 15) is 0 Å². The molecule has 2 nitrogen and oxygen atoms in total. The maximum Gasteiger partial charge on any atom is 0.119 e. The summed E-state index contributed by atoms with van der Waals surface area (Å²) in [6, 6.07) is 29.7. The van der Waals surface area contributed by atoms with Gasteiger partial charge in [0.15, 0.2) is 0 Å². The summed E-state index contributed by atoms with van der Waals surface area (Å²) in [7, 11) is 7.60. The number of hydrogen-bond acceptors (Lipinski definition) is 2. The predicted octanol–water partition coefficient (Wildman–Crippen LogP) is 5.49. The van der Waals surface area contributed by atoms with Gasteiger partial charge in [-0.05, 0) is 59.9 Å². The van der Waals surface area contributed by atoms with Gasteiger partial charge in [-0.2, -0.15) is 0 Å². The van der Waals surface area contributed by atoms with Crippen molar-refractivity contribution in [3.63, 3.8) is 0 Å². The van der Waals surface area contributed by atoms with Gasteiger partial charge in [0.05, 0.1) is 7.85 Å². The maximum absolute atomic E-state index is 5.88. The first-order valence-corrected chi connectivity index (χ1v) is 10.2. The zero-order valence-corrected chi connectivity index (χ0v) is 17.3. The van der Waals surface area contributed by atoms with E-state index in [-0.39, 0.29) is 0 Å². The van der Waals surface area contributed by atoms with Crippen LogP contribution in [0.5, 0.6) is 5.75 Å². The van der Waals surface area contributed by atoms with E-state index in [1.165, 1.54) is 27.8 Å². The fourth-order valence-electron chi connectivity index (χ4n) is 3.41. The predicted molar refractivity (Wildman–Crippen MR) is 124 cm³/mol. The van der Waals surface area contributed by atoms with Crippen LogP contribution < -0.4 is 4.74 Å². The van der Waals surface area contributed by atoms with Crippen LogP contribution in [0.3, 0.4) is 0 Å². The Morgan fingerprint density at radius 3 is 1.90 bits per heavy atom. The van der Waals surface area contributed by atoms with Crippen molar-refractivity contribution in [3.05, 3.63) is 102 Å². The molecule has 0 saturated heterocycles. The minimum atomic E-state index is 0.535. The van der Waals surface area contributed by atoms with Gasteiger partial charge in [-0.25, -0.2) is 0 Å². The summed E-state index contributed by atoms with van der Waals surface area (Å²) in [6.45, 7) is 3.65. The molecule has 29 heavy (non-hydrogen) atoms. The Kier molecular flexibility index (Phi) is 7.72. The van der Waals surface area contributed by atoms with E-state index in [0.717, 1.165) is 18.7 Å². The quantitative estimate of drug-likeness (QED) is 0.359. The summed E-state index contributed by atoms with van der Waals surface area (Å²) < 4.78 is 5.88. The topological polar surface area (TPSA) is 12.5 Å². The molecule has 146 valence electrons. The van der Waals surface area contributed by atoms with Crippen LogP contribution in [0.2, 0.25) is 0 Å². The molecule has 0 saturated carbocycles. The molecule has 0 amide bonds. The van der Waals surface area contributed by atoms with Crippen molar-refractivity contribution in [2.24, 2.45) is 0 Å². The molecule has 0 heterocycles. The molecule has 0 aliphatic heterocycles. The van der Waals surface area contributed by atoms with Crippen molar-refractivity contribution in [1.29, 1.82) is 0 Å². The molecule has 3 heteroatoms. The molecule has 0 fully saturated rings. The lowest BCUT2D eigenvalue weighted by molar-refractivity contribution is 0.255. The second-order valence-corrected chi connectivity index (χ2v) is 7.07. The Balaban J connectivity index is 1.94. The summed E-state index contributed by atoms with van der Waals surface area (Å²) in [6.07, 6.45) is 1.49. The van der Waals surface area contributed by atoms with Crippen molar-refractivity contribution in [3.8, 4) is 5.75 Å². The summed E-state index contributed by atoms with van der Waals surface area (Å²) in [5.74, 6) is 0.879. The van der Waals surface area contributed by atoms with Crippen LogP contribution in [0, 0.1) is 0 Å². The van der Waals surface area contributed by atoms with E-state index >= 15 is 0 Å². The number of allylic oxidation sites excluding steroid dienone is 1. The van der Waals surface area contributed by atoms with Gasteiger partial charge in [0.1, 0.15) is 12.4 Å². The van der Waals surface area contributed by atoms with Crippen LogP contribution in [-0.4, -0.2) is 39.4 Å². The Bertz CT molecular complexity index is 904. The standard InChI is InChI=1S/C26H28BNO/c1-3-25(21-10-6-4-7-11-21)26(22-12-8-5-9-13-22)23-14-16-24(17-15-23)29-19-18-28(2)20-27/h4-17H,3,18-20H2,1-2H3/b26-25-. The fraction of sp³-hybridized carbons (Fsp3) is 0.231. The SMILES string of the molecule is [B]CN(C)CCOc1ccc(/C(=C(/CC)c2ccccc2)c2ccccc2)cc1. The van der Waals surface area contributed by atoms with Crippen molar-refractivity contribution < 1.29 is 4.74 Å². The first-order chi connectivity index (χ1) is 14.2. The number of nitrogens with zero attached hydrogens (tertiary/aromatic N) is 1. The van der Waals surface area contributed by atoms with Crippen molar-refractivity contribution >= 4 is 19.0 Å². The molecular weight excluding hydrogens is 353 g/mol. The molecule has 0 atom stereocenters. The van der Waals surface area contributed by atoms with Gasteiger partial charge in [0.25, 0.3) is 0 Å². The van der Waals surface area contributed by atoms with Crippen LogP contribution in [0.4, 0.5) is 0 Å². The zero-order valence-electron chi connectivity index (χ0n) is 17.3. The molecule has 0 aromatic heterocycles. The Hall–Kier alpha value is -2.78. The molecular formula is C26H28BNO. The van der Waals surface area contributed by atoms with E-state index in [2.05, 4.69) is 91.9 Å². The molecule has 3 rings (SSSR count). The van der Waals surface area contributed by atoms with E-state index < -0.39 is 0 Å². The van der Waals surface area contributed by atoms with E-state index in [0.29, 0.717) is 13.1 Å². The number of benzene rings is 3. The van der Waals surface area contributed by atoms with Crippen LogP contribution in [0.25, 0.3) is 11.1 Å². The van der Waals surface area contributed by atoms with Crippen LogP contribution in [0.15, 0.2) is 84.9 Å². The lowest BCUT2D eigenvalue weighted by Crippen LogP contribution is -2.25. The van der Waals surface area contributed by atoms with E-state index in [1.54, 1.807) is 0 Å². The van der Waals surface area contributed by atoms with Crippen molar-refractivity contribution in [1.82, 2.24) is 4.90 Å². The highest BCUT2D eigenvalue weighted by molar-refractivity contribution is 6.08. The molecule has 3 aromatic rings. The number of ether oxygens (including phenoxy) is 1. The number of likely N-dealkylation sites (N-methyl/N-ethyl adjacent to an activating group) is 1. The minimum absolute atomic E-state index is 0.535. The molecule has 0 N–H and O–H groups in total. The molecule has 0 spiro atoms. The third-order valence-electron chi connectivity index (χ3n) is 5.04. The van der Waals surface area contributed by atoms with Gasteiger partial charge in [0, 0.05) is 6.54 Å². The van der Waals surface area contributed by atoms with Gasteiger partial charge >= 0.3 is 0 Å². The van der Waals surface area contributed by atoms with Gasteiger partial charge in [-0.3, -0.25) is 0 Å². The van der Waals surface area contributed by atoms with Crippen LogP contribution >= 0.6 is 0 Å². The first kappa shape index (κ1) is 20.9. The largest absolute Gasteiger partial charge is 0.492 e. The number of rotatable bonds is 9. The molecule has 3 aromatic carbocycles. The minimum Gasteiger partial charge on any atom is -0.492 e. The monoisotopic (exact) mass is 381 g/mol. The molecule has 0 aliphatic rings. The van der Waals surface area contributed by atoms with E-state index in [4.69, 9.17) is 12.6 Å². The summed E-state index contributed by atoms with van der Waals surface area (Å²) in [4.78, 5) is 2.03. The van der Waals surface area contributed by atoms with Gasteiger partial charge in [-0.15, -0.1) is 0 Å². The average Bonchev–Trinajstić information content (AvgIpc) is 2.79. The smallest absolute Gasteiger partial charge is 0.119 e. The fourth-order valence-corrected chi connectivity index (χ4v) is 3.41. The van der Waals surface area contributed by atoms with Gasteiger partial charge < -0.3 is 9.64 Å². The Morgan fingerprint density at radius 1 is 0.793 bits per heavy atom. The highest BCUT2D eigenvalue weighted by Crippen LogP contribution is 2.34. The van der Waals surface area contributed by atoms with Crippen molar-refractivity contribution in [2.45, 2.75) is 13.3 Å². The average molecular weight is 381 g/mol. The highest BCUT2D eigenvalue weighted by Gasteiger charge is 2.13. The number of hydrogen-bond donors (Lipinski definition) is 0. The van der Waals surface area contributed by atoms with Gasteiger partial charge in [-0.1, -0.05) is 79.7 Å². The Morgan fingerprint density at radius 2 is 1.34 bits per heavy atom. The summed E-state index contributed by atoms with van der Waals surface area (Å²) in [5, 5.41) is 0. The van der Waals surface area contributed by atoms with Gasteiger partial charge in [0.2, 0.25) is 0 Å². The van der Waals surface area contributed by atoms with Crippen LogP contribution in [0.1, 0.15) is 30.0 Å². The summed E-state index contributed by atoms with van der Waals surface area (Å²) >= 11 is 0. The molecule has 0 aliphatic carbocycles. The third kappa shape index (κ3) is 5.62. The Labute approximate surface area is 176 Å². The lowest BCUT2D eigenvalue weighted by atomic mass is 9.88. The molecule has 0 unspecified atom stereocenters.